The average Bonchev–Trinajstić information content (AvgIpc) is 3.29. The molecule has 2 aromatic carbocycles. The molecule has 0 amide bonds. The van der Waals surface area contributed by atoms with E-state index in [1.54, 1.807) is 27.8 Å². The number of nitrogens with one attached hydrogen (secondary N) is 1. The largest absolute Gasteiger partial charge is 0.400 e. The van der Waals surface area contributed by atoms with Crippen molar-refractivity contribution in [2.75, 3.05) is 14.2 Å². The van der Waals surface area contributed by atoms with Crippen molar-refractivity contribution in [3.63, 3.8) is 0 Å². The summed E-state index contributed by atoms with van der Waals surface area (Å²) in [5.74, 6) is 0. The minimum atomic E-state index is 0. The van der Waals surface area contributed by atoms with E-state index < -0.39 is 0 Å². The Bertz CT molecular complexity index is 647. The Hall–Kier alpha value is -1.64. The van der Waals surface area contributed by atoms with E-state index in [-0.39, 0.29) is 1.43 Å². The number of aliphatic hydroxyl groups is 1. The van der Waals surface area contributed by atoms with Crippen LogP contribution in [0.4, 0.5) is 0 Å². The average molecular weight is 342 g/mol. The smallest absolute Gasteiger partial charge is 0.0319 e. The Morgan fingerprint density at radius 2 is 1.40 bits per heavy atom. The summed E-state index contributed by atoms with van der Waals surface area (Å²) >= 11 is 0. The second-order valence-electron chi connectivity index (χ2n) is 7.00. The van der Waals surface area contributed by atoms with E-state index in [1.807, 2.05) is 7.05 Å². The Kier molecular flexibility index (Phi) is 7.67. The van der Waals surface area contributed by atoms with Gasteiger partial charge < -0.3 is 10.4 Å². The van der Waals surface area contributed by atoms with E-state index in [0.29, 0.717) is 0 Å². The highest BCUT2D eigenvalue weighted by molar-refractivity contribution is 5.49. The fourth-order valence-corrected chi connectivity index (χ4v) is 4.01. The van der Waals surface area contributed by atoms with Gasteiger partial charge in [0.2, 0.25) is 0 Å². The van der Waals surface area contributed by atoms with E-state index in [0.717, 1.165) is 13.7 Å². The highest BCUT2D eigenvalue weighted by atomic mass is 16.2. The summed E-state index contributed by atoms with van der Waals surface area (Å²) < 4.78 is 0. The van der Waals surface area contributed by atoms with Crippen LogP contribution in [0.15, 0.2) is 30.3 Å². The van der Waals surface area contributed by atoms with Crippen LogP contribution >= 0.6 is 0 Å². The molecule has 0 aromatic heterocycles. The van der Waals surface area contributed by atoms with Gasteiger partial charge >= 0.3 is 0 Å². The van der Waals surface area contributed by atoms with Gasteiger partial charge in [-0.3, -0.25) is 0 Å². The minimum absolute atomic E-state index is 0. The lowest BCUT2D eigenvalue weighted by atomic mass is 9.95. The highest BCUT2D eigenvalue weighted by Crippen LogP contribution is 2.34. The third-order valence-corrected chi connectivity index (χ3v) is 5.28. The molecule has 0 atom stereocenters. The summed E-state index contributed by atoms with van der Waals surface area (Å²) in [5, 5.41) is 10.1. The summed E-state index contributed by atoms with van der Waals surface area (Å²) in [6, 6.07) is 11.1. The van der Waals surface area contributed by atoms with E-state index in [9.17, 15) is 0 Å². The zero-order valence-corrected chi connectivity index (χ0v) is 16.3. The second-order valence-corrected chi connectivity index (χ2v) is 7.00. The molecule has 0 saturated heterocycles. The van der Waals surface area contributed by atoms with Gasteiger partial charge in [-0.15, -0.1) is 0 Å². The van der Waals surface area contributed by atoms with E-state index in [4.69, 9.17) is 5.11 Å². The van der Waals surface area contributed by atoms with Crippen molar-refractivity contribution in [3.05, 3.63) is 69.3 Å². The van der Waals surface area contributed by atoms with Crippen molar-refractivity contribution in [3.8, 4) is 0 Å². The van der Waals surface area contributed by atoms with Gasteiger partial charge in [0.25, 0.3) is 0 Å². The van der Waals surface area contributed by atoms with Crippen LogP contribution in [0.3, 0.4) is 0 Å². The third kappa shape index (κ3) is 4.93. The number of rotatable bonds is 2. The molecule has 25 heavy (non-hydrogen) atoms. The van der Waals surface area contributed by atoms with Crippen molar-refractivity contribution < 1.29 is 6.53 Å². The van der Waals surface area contributed by atoms with E-state index in [2.05, 4.69) is 49.5 Å². The molecular formula is C23H35NO. The molecule has 2 aliphatic rings. The predicted octanol–water partition coefficient (Wildman–Crippen LogP) is 4.54. The molecule has 2 aliphatic carbocycles. The van der Waals surface area contributed by atoms with Crippen LogP contribution in [0.1, 0.15) is 53.2 Å². The molecule has 0 bridgehead atoms. The molecule has 0 unspecified atom stereocenters. The molecule has 0 radical (unpaired) electrons. The van der Waals surface area contributed by atoms with Gasteiger partial charge in [0.15, 0.2) is 0 Å². The predicted molar refractivity (Wildman–Crippen MR) is 109 cm³/mol. The molecular weight excluding hydrogens is 306 g/mol. The van der Waals surface area contributed by atoms with Crippen molar-refractivity contribution in [1.29, 1.82) is 0 Å². The Morgan fingerprint density at radius 1 is 0.880 bits per heavy atom. The van der Waals surface area contributed by atoms with Crippen LogP contribution in [0, 0.1) is 13.8 Å². The van der Waals surface area contributed by atoms with Gasteiger partial charge in [0.05, 0.1) is 0 Å². The Balaban J connectivity index is 0.000000237. The van der Waals surface area contributed by atoms with Crippen molar-refractivity contribution >= 4 is 0 Å². The minimum Gasteiger partial charge on any atom is -0.400 e. The summed E-state index contributed by atoms with van der Waals surface area (Å²) in [6.07, 6.45) is 8.13. The lowest BCUT2D eigenvalue weighted by Gasteiger charge is -2.10. The summed E-state index contributed by atoms with van der Waals surface area (Å²) in [6.45, 7) is 5.40. The van der Waals surface area contributed by atoms with Gasteiger partial charge in [-0.05, 0) is 92.8 Å². The third-order valence-electron chi connectivity index (χ3n) is 5.28. The lowest BCUT2D eigenvalue weighted by Crippen LogP contribution is -2.04. The molecule has 0 fully saturated rings. The number of aryl methyl sites for hydroxylation is 3. The standard InChI is InChI=1S/C13H16.C9H13N.CH4O.H2/c1-9-12-6-2-4-10(12)8-11-5-3-7-13(9)11;1-8-3-5-9(6-4-8)7-10-2;1-2;/h8H,2-7H2,1H3;3-6,10H,7H2,1-2H3;2H,1H3;1H. The van der Waals surface area contributed by atoms with E-state index >= 15 is 0 Å². The molecule has 0 aliphatic heterocycles. The van der Waals surface area contributed by atoms with Crippen LogP contribution in [0.2, 0.25) is 0 Å². The van der Waals surface area contributed by atoms with Gasteiger partial charge in [0, 0.05) is 15.1 Å². The molecule has 2 nitrogen and oxygen atoms in total. The first kappa shape index (κ1) is 19.7. The SMILES string of the molecule is CNCc1ccc(C)cc1.CO.Cc1c2c(cc3c1CCC3)CCC2.[HH]. The monoisotopic (exact) mass is 341 g/mol. The number of fused-ring (bicyclic) bond motifs is 2. The number of benzene rings is 2. The molecule has 138 valence electrons. The van der Waals surface area contributed by atoms with Crippen LogP contribution in [0.5, 0.6) is 0 Å². The Morgan fingerprint density at radius 3 is 1.88 bits per heavy atom. The van der Waals surface area contributed by atoms with Crippen LogP contribution in [-0.2, 0) is 32.2 Å². The van der Waals surface area contributed by atoms with Crippen molar-refractivity contribution in [2.24, 2.45) is 0 Å². The molecule has 0 spiro atoms. The first-order chi connectivity index (χ1) is 12.2. The van der Waals surface area contributed by atoms with Gasteiger partial charge in [-0.2, -0.15) is 0 Å². The maximum Gasteiger partial charge on any atom is 0.0319 e. The Labute approximate surface area is 154 Å². The summed E-state index contributed by atoms with van der Waals surface area (Å²) in [4.78, 5) is 0. The molecule has 2 heteroatoms. The number of hydrogen-bond acceptors (Lipinski definition) is 2. The van der Waals surface area contributed by atoms with Gasteiger partial charge in [-0.1, -0.05) is 35.9 Å². The molecule has 2 N–H and O–H groups in total. The molecule has 0 saturated carbocycles. The van der Waals surface area contributed by atoms with Crippen molar-refractivity contribution in [2.45, 2.75) is 58.9 Å². The normalized spacial score (nSPS) is 14.0. The molecule has 0 heterocycles. The summed E-state index contributed by atoms with van der Waals surface area (Å²) in [5.41, 5.74) is 11.0. The summed E-state index contributed by atoms with van der Waals surface area (Å²) in [7, 11) is 2.96. The van der Waals surface area contributed by atoms with Gasteiger partial charge in [0.1, 0.15) is 0 Å². The zero-order chi connectivity index (χ0) is 18.2. The second kappa shape index (κ2) is 9.74. The highest BCUT2D eigenvalue weighted by Gasteiger charge is 2.21. The maximum atomic E-state index is 7.00. The fraction of sp³-hybridized carbons (Fsp3) is 0.478. The topological polar surface area (TPSA) is 32.3 Å². The van der Waals surface area contributed by atoms with Gasteiger partial charge in [-0.25, -0.2) is 0 Å². The van der Waals surface area contributed by atoms with E-state index in [1.165, 1.54) is 49.7 Å². The zero-order valence-electron chi connectivity index (χ0n) is 16.3. The first-order valence-electron chi connectivity index (χ1n) is 9.47. The molecule has 4 rings (SSSR count). The lowest BCUT2D eigenvalue weighted by molar-refractivity contribution is 0.399. The van der Waals surface area contributed by atoms with Crippen LogP contribution in [-0.4, -0.2) is 19.3 Å². The first-order valence-corrected chi connectivity index (χ1v) is 9.47. The number of aliphatic hydroxyl groups excluding tert-OH is 1. The van der Waals surface area contributed by atoms with Crippen LogP contribution in [0.25, 0.3) is 0 Å². The quantitative estimate of drug-likeness (QED) is 0.840. The number of hydrogen-bond donors (Lipinski definition) is 2. The van der Waals surface area contributed by atoms with Crippen LogP contribution < -0.4 is 5.32 Å². The maximum absolute atomic E-state index is 7.00. The van der Waals surface area contributed by atoms with Crippen molar-refractivity contribution in [1.82, 2.24) is 5.32 Å². The molecule has 2 aromatic rings. The fourth-order valence-electron chi connectivity index (χ4n) is 4.01.